The summed E-state index contributed by atoms with van der Waals surface area (Å²) in [6.07, 6.45) is 4.53. The molecule has 0 aromatic heterocycles. The second-order valence-electron chi connectivity index (χ2n) is 8.96. The number of likely N-dealkylation sites (tertiary alicyclic amines) is 1. The fourth-order valence-corrected chi connectivity index (χ4v) is 4.32. The summed E-state index contributed by atoms with van der Waals surface area (Å²) >= 11 is 0. The minimum absolute atomic E-state index is 0.152. The van der Waals surface area contributed by atoms with Gasteiger partial charge >= 0.3 is 12.2 Å². The normalized spacial score (nSPS) is 15.8. The lowest BCUT2D eigenvalue weighted by molar-refractivity contribution is -0.139. The van der Waals surface area contributed by atoms with Gasteiger partial charge in [0.25, 0.3) is 0 Å². The van der Waals surface area contributed by atoms with Crippen molar-refractivity contribution in [2.75, 3.05) is 37.0 Å². The molecule has 0 saturated carbocycles. The molecule has 0 radical (unpaired) electrons. The van der Waals surface area contributed by atoms with Gasteiger partial charge in [0.2, 0.25) is 0 Å². The highest BCUT2D eigenvalue weighted by atomic mass is 19.4. The Bertz CT molecular complexity index is 1230. The van der Waals surface area contributed by atoms with Gasteiger partial charge in [-0.2, -0.15) is 18.4 Å². The standard InChI is InChI=1S/C29H30F4N4O.CH4O/c1-3-22(9-5-4-6-16-34)23-10-13-25(14-11-23)37(19-18-36-17-7-8-21(36)2)28(38)35-24-12-15-27(30)26(20-24)29(31,32)33;1-2/h3-5,9-15,20-21H,1,6-8,17-19H2,2H3,(H,35,38);2H,1H3/b5-4-,22-9+;. The van der Waals surface area contributed by atoms with Gasteiger partial charge in [-0.25, -0.2) is 9.18 Å². The van der Waals surface area contributed by atoms with E-state index in [4.69, 9.17) is 10.4 Å². The summed E-state index contributed by atoms with van der Waals surface area (Å²) in [6, 6.07) is 11.3. The van der Waals surface area contributed by atoms with Gasteiger partial charge in [-0.3, -0.25) is 9.80 Å². The fraction of sp³-hybridized carbons (Fsp3) is 0.333. The number of aliphatic hydroxyl groups excluding tert-OH is 1. The first-order valence-corrected chi connectivity index (χ1v) is 12.7. The van der Waals surface area contributed by atoms with Crippen LogP contribution in [0.15, 0.2) is 73.3 Å². The van der Waals surface area contributed by atoms with Crippen molar-refractivity contribution in [1.29, 1.82) is 5.26 Å². The zero-order chi connectivity index (χ0) is 29.7. The Kier molecular flexibility index (Phi) is 12.6. The number of nitrogens with zero attached hydrogens (tertiary/aromatic N) is 3. The number of aliphatic hydroxyl groups is 1. The molecule has 1 aliphatic rings. The van der Waals surface area contributed by atoms with Crippen molar-refractivity contribution in [3.05, 3.63) is 90.3 Å². The van der Waals surface area contributed by atoms with Crippen LogP contribution in [0.1, 0.15) is 37.3 Å². The molecule has 6 nitrogen and oxygen atoms in total. The molecule has 2 amide bonds. The zero-order valence-corrected chi connectivity index (χ0v) is 22.6. The summed E-state index contributed by atoms with van der Waals surface area (Å²) in [5, 5.41) is 18.2. The van der Waals surface area contributed by atoms with Crippen LogP contribution in [0.2, 0.25) is 0 Å². The number of halogens is 4. The molecule has 0 aliphatic carbocycles. The molecular weight excluding hydrogens is 524 g/mol. The van der Waals surface area contributed by atoms with E-state index in [1.165, 1.54) is 4.90 Å². The number of amides is 2. The molecule has 1 aliphatic heterocycles. The quantitative estimate of drug-likeness (QED) is 0.256. The molecule has 3 rings (SSSR count). The van der Waals surface area contributed by atoms with Crippen molar-refractivity contribution in [1.82, 2.24) is 4.90 Å². The molecular formula is C30H34F4N4O2. The second kappa shape index (κ2) is 15.6. The number of nitrogens with one attached hydrogen (secondary N) is 1. The van der Waals surface area contributed by atoms with E-state index in [-0.39, 0.29) is 12.1 Å². The van der Waals surface area contributed by atoms with Crippen LogP contribution in [0.25, 0.3) is 5.57 Å². The molecule has 1 atom stereocenters. The molecule has 2 aromatic rings. The third-order valence-corrected chi connectivity index (χ3v) is 6.42. The van der Waals surface area contributed by atoms with Crippen LogP contribution in [0.4, 0.5) is 33.7 Å². The van der Waals surface area contributed by atoms with Crippen molar-refractivity contribution in [3.63, 3.8) is 0 Å². The van der Waals surface area contributed by atoms with Gasteiger partial charge in [-0.1, -0.05) is 43.0 Å². The van der Waals surface area contributed by atoms with Crippen molar-refractivity contribution in [2.24, 2.45) is 0 Å². The molecule has 0 spiro atoms. The number of benzene rings is 2. The molecule has 1 saturated heterocycles. The van der Waals surface area contributed by atoms with E-state index in [0.29, 0.717) is 37.0 Å². The van der Waals surface area contributed by atoms with Crippen LogP contribution in [0, 0.1) is 17.1 Å². The minimum Gasteiger partial charge on any atom is -0.400 e. The Morgan fingerprint density at radius 3 is 2.52 bits per heavy atom. The monoisotopic (exact) mass is 558 g/mol. The molecule has 2 aromatic carbocycles. The molecule has 1 fully saturated rings. The van der Waals surface area contributed by atoms with Crippen molar-refractivity contribution >= 4 is 23.0 Å². The highest BCUT2D eigenvalue weighted by Gasteiger charge is 2.34. The van der Waals surface area contributed by atoms with Crippen molar-refractivity contribution in [3.8, 4) is 6.07 Å². The zero-order valence-electron chi connectivity index (χ0n) is 22.6. The van der Waals surface area contributed by atoms with E-state index in [2.05, 4.69) is 23.7 Å². The van der Waals surface area contributed by atoms with Gasteiger partial charge in [0.1, 0.15) is 5.82 Å². The van der Waals surface area contributed by atoms with E-state index in [1.54, 1.807) is 30.4 Å². The number of carbonyl (C=O) groups is 1. The lowest BCUT2D eigenvalue weighted by Gasteiger charge is -2.28. The maximum atomic E-state index is 13.7. The fourth-order valence-electron chi connectivity index (χ4n) is 4.32. The number of alkyl halides is 3. The highest BCUT2D eigenvalue weighted by molar-refractivity contribution is 6.02. The number of urea groups is 1. The topological polar surface area (TPSA) is 79.6 Å². The SMILES string of the molecule is C=C/C(=C\C=C/CC#N)c1ccc(N(CCN2CCCC2C)C(=O)Nc2ccc(F)c(C(F)(F)F)c2)cc1.CO. The first-order valence-electron chi connectivity index (χ1n) is 12.7. The average Bonchev–Trinajstić information content (AvgIpc) is 3.35. The average molecular weight is 559 g/mol. The highest BCUT2D eigenvalue weighted by Crippen LogP contribution is 2.33. The number of rotatable bonds is 9. The maximum Gasteiger partial charge on any atom is 0.419 e. The number of hydrogen-bond acceptors (Lipinski definition) is 4. The van der Waals surface area contributed by atoms with Crippen LogP contribution in [0.5, 0.6) is 0 Å². The lowest BCUT2D eigenvalue weighted by Crippen LogP contribution is -2.42. The van der Waals surface area contributed by atoms with Gasteiger partial charge < -0.3 is 10.4 Å². The first-order chi connectivity index (χ1) is 19.1. The number of allylic oxidation sites excluding steroid dienone is 5. The Hall–Kier alpha value is -3.94. The summed E-state index contributed by atoms with van der Waals surface area (Å²) in [5.74, 6) is -1.40. The van der Waals surface area contributed by atoms with Gasteiger partial charge in [0.05, 0.1) is 18.1 Å². The summed E-state index contributed by atoms with van der Waals surface area (Å²) in [4.78, 5) is 17.0. The van der Waals surface area contributed by atoms with Gasteiger partial charge in [-0.05, 0) is 67.8 Å². The Balaban J connectivity index is 0.00000274. The minimum atomic E-state index is -4.88. The van der Waals surface area contributed by atoms with Crippen LogP contribution in [-0.4, -0.2) is 48.8 Å². The second-order valence-corrected chi connectivity index (χ2v) is 8.96. The van der Waals surface area contributed by atoms with Crippen LogP contribution in [-0.2, 0) is 6.18 Å². The Morgan fingerprint density at radius 2 is 1.95 bits per heavy atom. The van der Waals surface area contributed by atoms with Gasteiger partial charge in [0, 0.05) is 37.6 Å². The van der Waals surface area contributed by atoms with Crippen LogP contribution in [0.3, 0.4) is 0 Å². The van der Waals surface area contributed by atoms with Crippen molar-refractivity contribution < 1.29 is 27.5 Å². The molecule has 1 unspecified atom stereocenters. The van der Waals surface area contributed by atoms with Gasteiger partial charge in [0.15, 0.2) is 0 Å². The summed E-state index contributed by atoms with van der Waals surface area (Å²) < 4.78 is 53.2. The molecule has 0 bridgehead atoms. The summed E-state index contributed by atoms with van der Waals surface area (Å²) in [5.41, 5.74) is 0.621. The smallest absolute Gasteiger partial charge is 0.400 e. The molecule has 40 heavy (non-hydrogen) atoms. The van der Waals surface area contributed by atoms with Gasteiger partial charge in [-0.15, -0.1) is 0 Å². The van der Waals surface area contributed by atoms with Crippen molar-refractivity contribution in [2.45, 2.75) is 38.4 Å². The van der Waals surface area contributed by atoms with Crippen LogP contribution >= 0.6 is 0 Å². The Morgan fingerprint density at radius 1 is 1.25 bits per heavy atom. The van der Waals surface area contributed by atoms with E-state index >= 15 is 0 Å². The van der Waals surface area contributed by atoms with E-state index < -0.39 is 23.6 Å². The summed E-state index contributed by atoms with van der Waals surface area (Å²) in [6.45, 7) is 7.76. The third-order valence-electron chi connectivity index (χ3n) is 6.42. The molecule has 10 heteroatoms. The van der Waals surface area contributed by atoms with Crippen LogP contribution < -0.4 is 10.2 Å². The first kappa shape index (κ1) is 32.3. The van der Waals surface area contributed by atoms with E-state index in [0.717, 1.165) is 43.7 Å². The van der Waals surface area contributed by atoms with E-state index in [1.807, 2.05) is 24.3 Å². The number of anilines is 2. The molecule has 1 heterocycles. The number of nitriles is 1. The largest absolute Gasteiger partial charge is 0.419 e. The lowest BCUT2D eigenvalue weighted by atomic mass is 10.0. The maximum absolute atomic E-state index is 13.7. The predicted molar refractivity (Wildman–Crippen MR) is 150 cm³/mol. The number of carbonyl (C=O) groups excluding carboxylic acids is 1. The predicted octanol–water partition coefficient (Wildman–Crippen LogP) is 7.02. The Labute approximate surface area is 232 Å². The molecule has 214 valence electrons. The number of hydrogen-bond donors (Lipinski definition) is 2. The van der Waals surface area contributed by atoms with E-state index in [9.17, 15) is 22.4 Å². The molecule has 2 N–H and O–H groups in total. The summed E-state index contributed by atoms with van der Waals surface area (Å²) in [7, 11) is 1.00. The third kappa shape index (κ3) is 9.07.